The van der Waals surface area contributed by atoms with Crippen molar-refractivity contribution in [2.24, 2.45) is 5.41 Å². The monoisotopic (exact) mass is 354 g/mol. The van der Waals surface area contributed by atoms with E-state index >= 15 is 0 Å². The predicted molar refractivity (Wildman–Crippen MR) is 100 cm³/mol. The average molecular weight is 354 g/mol. The van der Waals surface area contributed by atoms with Gasteiger partial charge in [-0.25, -0.2) is 0 Å². The van der Waals surface area contributed by atoms with E-state index in [0.29, 0.717) is 24.7 Å². The van der Waals surface area contributed by atoms with Crippen LogP contribution in [-0.4, -0.2) is 70.7 Å². The van der Waals surface area contributed by atoms with E-state index in [0.717, 1.165) is 18.7 Å². The number of methoxy groups -OCH3 is 2. The molecule has 1 rings (SSSR count). The second kappa shape index (κ2) is 10.6. The van der Waals surface area contributed by atoms with Crippen LogP contribution in [0, 0.1) is 5.41 Å². The van der Waals surface area contributed by atoms with Gasteiger partial charge in [0.05, 0.1) is 33.5 Å². The first-order chi connectivity index (χ1) is 11.8. The Morgan fingerprint density at radius 1 is 1.16 bits per heavy atom. The minimum absolute atomic E-state index is 0.156. The number of hydrogen-bond acceptors (Lipinski definition) is 6. The topological polar surface area (TPSA) is 63.2 Å². The maximum Gasteiger partial charge on any atom is 0.161 e. The Morgan fingerprint density at radius 2 is 1.84 bits per heavy atom. The molecule has 0 saturated heterocycles. The number of ether oxygens (including phenoxy) is 3. The van der Waals surface area contributed by atoms with Gasteiger partial charge < -0.3 is 29.5 Å². The molecule has 0 bridgehead atoms. The zero-order chi connectivity index (χ0) is 18.9. The van der Waals surface area contributed by atoms with Gasteiger partial charge in [-0.2, -0.15) is 0 Å². The predicted octanol–water partition coefficient (Wildman–Crippen LogP) is 1.76. The minimum Gasteiger partial charge on any atom is -0.493 e. The van der Waals surface area contributed by atoms with Crippen LogP contribution in [0.2, 0.25) is 0 Å². The number of hydrogen-bond donors (Lipinski definition) is 2. The molecule has 0 aliphatic rings. The van der Waals surface area contributed by atoms with Gasteiger partial charge in [0.1, 0.15) is 0 Å². The molecule has 6 nitrogen and oxygen atoms in total. The van der Waals surface area contributed by atoms with Gasteiger partial charge in [0.2, 0.25) is 0 Å². The lowest BCUT2D eigenvalue weighted by molar-refractivity contribution is 0.0275. The molecule has 0 fully saturated rings. The Morgan fingerprint density at radius 3 is 2.44 bits per heavy atom. The van der Waals surface area contributed by atoms with Gasteiger partial charge in [-0.05, 0) is 37.2 Å². The third-order valence-electron chi connectivity index (χ3n) is 3.75. The number of nitrogens with zero attached hydrogens (tertiary/aromatic N) is 1. The fourth-order valence-corrected chi connectivity index (χ4v) is 2.83. The SMILES string of the molecule is COc1ccc(COCC(O)CNCC(C)(C)CN(C)C)cc1OC. The molecule has 25 heavy (non-hydrogen) atoms. The van der Waals surface area contributed by atoms with Crippen molar-refractivity contribution in [3.8, 4) is 11.5 Å². The molecule has 0 amide bonds. The second-order valence-electron chi connectivity index (χ2n) is 7.39. The van der Waals surface area contributed by atoms with Crippen molar-refractivity contribution in [2.75, 3.05) is 54.6 Å². The van der Waals surface area contributed by atoms with Gasteiger partial charge in [-0.1, -0.05) is 19.9 Å². The Bertz CT molecular complexity index is 506. The molecule has 144 valence electrons. The van der Waals surface area contributed by atoms with E-state index < -0.39 is 6.10 Å². The van der Waals surface area contributed by atoms with Crippen LogP contribution in [0.4, 0.5) is 0 Å². The van der Waals surface area contributed by atoms with Crippen molar-refractivity contribution in [3.05, 3.63) is 23.8 Å². The van der Waals surface area contributed by atoms with Crippen LogP contribution < -0.4 is 14.8 Å². The van der Waals surface area contributed by atoms with Gasteiger partial charge in [-0.3, -0.25) is 0 Å². The number of nitrogens with one attached hydrogen (secondary N) is 1. The summed E-state index contributed by atoms with van der Waals surface area (Å²) in [6, 6.07) is 5.66. The molecule has 0 aromatic heterocycles. The number of rotatable bonds is 12. The molecular weight excluding hydrogens is 320 g/mol. The normalized spacial score (nSPS) is 13.1. The van der Waals surface area contributed by atoms with E-state index in [1.807, 2.05) is 18.2 Å². The molecule has 6 heteroatoms. The standard InChI is InChI=1S/C19H34N2O4/c1-19(2,14-21(3)4)13-20-10-16(22)12-25-11-15-7-8-17(23-5)18(9-15)24-6/h7-9,16,20,22H,10-14H2,1-6H3. The molecule has 1 atom stereocenters. The first kappa shape index (κ1) is 21.7. The summed E-state index contributed by atoms with van der Waals surface area (Å²) in [7, 11) is 7.35. The molecule has 0 aliphatic heterocycles. The zero-order valence-electron chi connectivity index (χ0n) is 16.5. The van der Waals surface area contributed by atoms with E-state index in [1.165, 1.54) is 0 Å². The summed E-state index contributed by atoms with van der Waals surface area (Å²) in [6.45, 7) is 7.48. The molecule has 0 aliphatic carbocycles. The van der Waals surface area contributed by atoms with Gasteiger partial charge in [-0.15, -0.1) is 0 Å². The lowest BCUT2D eigenvalue weighted by Crippen LogP contribution is -2.40. The Kier molecular flexibility index (Phi) is 9.21. The Labute approximate surface area is 152 Å². The van der Waals surface area contributed by atoms with Gasteiger partial charge >= 0.3 is 0 Å². The van der Waals surface area contributed by atoms with Crippen LogP contribution in [0.1, 0.15) is 19.4 Å². The first-order valence-corrected chi connectivity index (χ1v) is 8.59. The highest BCUT2D eigenvalue weighted by molar-refractivity contribution is 5.42. The maximum absolute atomic E-state index is 10.0. The summed E-state index contributed by atoms with van der Waals surface area (Å²) < 4.78 is 16.1. The third-order valence-corrected chi connectivity index (χ3v) is 3.75. The summed E-state index contributed by atoms with van der Waals surface area (Å²) >= 11 is 0. The third kappa shape index (κ3) is 8.54. The smallest absolute Gasteiger partial charge is 0.161 e. The lowest BCUT2D eigenvalue weighted by Gasteiger charge is -2.29. The van der Waals surface area contributed by atoms with Crippen LogP contribution in [0.25, 0.3) is 0 Å². The van der Waals surface area contributed by atoms with Gasteiger partial charge in [0.25, 0.3) is 0 Å². The van der Waals surface area contributed by atoms with E-state index in [4.69, 9.17) is 14.2 Å². The Balaban J connectivity index is 2.29. The van der Waals surface area contributed by atoms with Crippen molar-refractivity contribution < 1.29 is 19.3 Å². The highest BCUT2D eigenvalue weighted by Crippen LogP contribution is 2.27. The largest absolute Gasteiger partial charge is 0.493 e. The van der Waals surface area contributed by atoms with Crippen LogP contribution in [0.3, 0.4) is 0 Å². The molecule has 0 radical (unpaired) electrons. The molecule has 1 aromatic rings. The fourth-order valence-electron chi connectivity index (χ4n) is 2.83. The summed E-state index contributed by atoms with van der Waals surface area (Å²) in [5, 5.41) is 13.4. The summed E-state index contributed by atoms with van der Waals surface area (Å²) in [5.41, 5.74) is 1.13. The van der Waals surface area contributed by atoms with Gasteiger partial charge in [0.15, 0.2) is 11.5 Å². The molecular formula is C19H34N2O4. The van der Waals surface area contributed by atoms with E-state index in [-0.39, 0.29) is 12.0 Å². The number of aliphatic hydroxyl groups is 1. The van der Waals surface area contributed by atoms with E-state index in [1.54, 1.807) is 14.2 Å². The van der Waals surface area contributed by atoms with Crippen molar-refractivity contribution in [1.82, 2.24) is 10.2 Å². The van der Waals surface area contributed by atoms with Crippen molar-refractivity contribution in [1.29, 1.82) is 0 Å². The van der Waals surface area contributed by atoms with E-state index in [9.17, 15) is 5.11 Å². The quantitative estimate of drug-likeness (QED) is 0.596. The number of aliphatic hydroxyl groups excluding tert-OH is 1. The lowest BCUT2D eigenvalue weighted by atomic mass is 9.93. The molecule has 0 heterocycles. The van der Waals surface area contributed by atoms with Crippen LogP contribution in [0.15, 0.2) is 18.2 Å². The summed E-state index contributed by atoms with van der Waals surface area (Å²) in [4.78, 5) is 2.17. The fraction of sp³-hybridized carbons (Fsp3) is 0.684. The van der Waals surface area contributed by atoms with Crippen LogP contribution >= 0.6 is 0 Å². The van der Waals surface area contributed by atoms with Crippen LogP contribution in [0.5, 0.6) is 11.5 Å². The highest BCUT2D eigenvalue weighted by atomic mass is 16.5. The molecule has 0 spiro atoms. The Hall–Kier alpha value is -1.34. The van der Waals surface area contributed by atoms with Crippen molar-refractivity contribution >= 4 is 0 Å². The molecule has 1 unspecified atom stereocenters. The zero-order valence-corrected chi connectivity index (χ0v) is 16.5. The average Bonchev–Trinajstić information content (AvgIpc) is 2.53. The number of benzene rings is 1. The minimum atomic E-state index is -0.532. The molecule has 2 N–H and O–H groups in total. The molecule has 1 aromatic carbocycles. The van der Waals surface area contributed by atoms with Crippen molar-refractivity contribution in [3.63, 3.8) is 0 Å². The van der Waals surface area contributed by atoms with E-state index in [2.05, 4.69) is 38.2 Å². The van der Waals surface area contributed by atoms with Gasteiger partial charge in [0, 0.05) is 19.6 Å². The summed E-state index contributed by atoms with van der Waals surface area (Å²) in [6.07, 6.45) is -0.532. The van der Waals surface area contributed by atoms with Crippen molar-refractivity contribution in [2.45, 2.75) is 26.6 Å². The highest BCUT2D eigenvalue weighted by Gasteiger charge is 2.18. The van der Waals surface area contributed by atoms with Crippen LogP contribution in [-0.2, 0) is 11.3 Å². The molecule has 0 saturated carbocycles. The maximum atomic E-state index is 10.0. The summed E-state index contributed by atoms with van der Waals surface area (Å²) in [5.74, 6) is 1.37. The second-order valence-corrected chi connectivity index (χ2v) is 7.39. The first-order valence-electron chi connectivity index (χ1n) is 8.59.